The van der Waals surface area contributed by atoms with E-state index in [9.17, 15) is 4.39 Å². The fraction of sp³-hybridized carbons (Fsp3) is 0.438. The molecule has 0 radical (unpaired) electrons. The van der Waals surface area contributed by atoms with Crippen molar-refractivity contribution in [2.45, 2.75) is 34.1 Å². The van der Waals surface area contributed by atoms with E-state index < -0.39 is 0 Å². The van der Waals surface area contributed by atoms with E-state index >= 15 is 0 Å². The molecule has 0 bridgehead atoms. The molecule has 0 saturated heterocycles. The highest BCUT2D eigenvalue weighted by molar-refractivity contribution is 5.75. The summed E-state index contributed by atoms with van der Waals surface area (Å²) in [6.45, 7) is 8.72. The van der Waals surface area contributed by atoms with Crippen molar-refractivity contribution in [3.63, 3.8) is 0 Å². The van der Waals surface area contributed by atoms with Crippen LogP contribution in [-0.2, 0) is 6.42 Å². The minimum absolute atomic E-state index is 0.160. The number of benzene rings is 1. The van der Waals surface area contributed by atoms with Crippen molar-refractivity contribution >= 4 is 5.88 Å². The highest BCUT2D eigenvalue weighted by atomic mass is 19.1. The van der Waals surface area contributed by atoms with Crippen LogP contribution in [0.1, 0.15) is 33.4 Å². The van der Waals surface area contributed by atoms with Gasteiger partial charge < -0.3 is 10.3 Å². The first-order chi connectivity index (χ1) is 9.29. The third kappa shape index (κ3) is 3.00. The highest BCUT2D eigenvalue weighted by Gasteiger charge is 2.24. The Labute approximate surface area is 119 Å². The maximum atomic E-state index is 13.4. The molecule has 1 aromatic heterocycles. The zero-order valence-corrected chi connectivity index (χ0v) is 12.4. The van der Waals surface area contributed by atoms with Gasteiger partial charge in [-0.3, -0.25) is 0 Å². The number of hydrogen-bond acceptors (Lipinski definition) is 3. The van der Waals surface area contributed by atoms with Gasteiger partial charge in [0.15, 0.2) is 0 Å². The Morgan fingerprint density at radius 1 is 1.35 bits per heavy atom. The van der Waals surface area contributed by atoms with Crippen LogP contribution in [0.4, 0.5) is 10.3 Å². The minimum atomic E-state index is -0.294. The van der Waals surface area contributed by atoms with Crippen LogP contribution in [0.15, 0.2) is 28.8 Å². The van der Waals surface area contributed by atoms with Crippen molar-refractivity contribution in [1.82, 2.24) is 5.16 Å². The number of hydrogen-bond donors (Lipinski definition) is 1. The second-order valence-corrected chi connectivity index (χ2v) is 6.35. The Kier molecular flexibility index (Phi) is 3.84. The molecule has 1 unspecified atom stereocenters. The van der Waals surface area contributed by atoms with Gasteiger partial charge in [0.05, 0.1) is 11.3 Å². The molecule has 0 spiro atoms. The van der Waals surface area contributed by atoms with Crippen LogP contribution in [0.5, 0.6) is 0 Å². The highest BCUT2D eigenvalue weighted by Crippen LogP contribution is 2.35. The molecular formula is C16H21FN2O. The molecule has 1 aromatic carbocycles. The number of nitrogen functional groups attached to an aromatic ring is 1. The molecule has 2 aromatic rings. The molecule has 1 atom stereocenters. The van der Waals surface area contributed by atoms with E-state index in [1.807, 2.05) is 6.07 Å². The van der Waals surface area contributed by atoms with E-state index in [0.29, 0.717) is 17.0 Å². The molecule has 20 heavy (non-hydrogen) atoms. The second kappa shape index (κ2) is 5.27. The van der Waals surface area contributed by atoms with E-state index in [0.717, 1.165) is 12.1 Å². The normalized spacial score (nSPS) is 13.4. The van der Waals surface area contributed by atoms with Crippen LogP contribution in [0.2, 0.25) is 0 Å². The molecule has 0 aliphatic carbocycles. The fourth-order valence-corrected chi connectivity index (χ4v) is 2.03. The van der Waals surface area contributed by atoms with Crippen LogP contribution < -0.4 is 5.73 Å². The number of halogens is 1. The Bertz CT molecular complexity index is 599. The maximum absolute atomic E-state index is 13.4. The lowest BCUT2D eigenvalue weighted by Crippen LogP contribution is -2.19. The van der Waals surface area contributed by atoms with Crippen LogP contribution >= 0.6 is 0 Å². The predicted octanol–water partition coefficient (Wildman–Crippen LogP) is 4.29. The third-order valence-corrected chi connectivity index (χ3v) is 3.88. The SMILES string of the molecule is CC(Cc1noc(N)c1-c1cccc(F)c1)C(C)(C)C. The molecule has 3 nitrogen and oxygen atoms in total. The lowest BCUT2D eigenvalue weighted by atomic mass is 9.79. The maximum Gasteiger partial charge on any atom is 0.230 e. The van der Waals surface area contributed by atoms with Crippen molar-refractivity contribution in [1.29, 1.82) is 0 Å². The summed E-state index contributed by atoms with van der Waals surface area (Å²) in [5.74, 6) is 0.351. The van der Waals surface area contributed by atoms with E-state index in [4.69, 9.17) is 10.3 Å². The van der Waals surface area contributed by atoms with Gasteiger partial charge in [-0.25, -0.2) is 4.39 Å². The standard InChI is InChI=1S/C16H21FN2O/c1-10(16(2,3)4)8-13-14(15(18)20-19-13)11-6-5-7-12(17)9-11/h5-7,9-10H,8,18H2,1-4H3. The van der Waals surface area contributed by atoms with Crippen LogP contribution in [-0.4, -0.2) is 5.16 Å². The summed E-state index contributed by atoms with van der Waals surface area (Å²) in [6.07, 6.45) is 0.746. The van der Waals surface area contributed by atoms with Gasteiger partial charge in [0, 0.05) is 0 Å². The van der Waals surface area contributed by atoms with Crippen LogP contribution in [0.25, 0.3) is 11.1 Å². The molecule has 2 N–H and O–H groups in total. The Morgan fingerprint density at radius 2 is 2.05 bits per heavy atom. The number of rotatable bonds is 3. The predicted molar refractivity (Wildman–Crippen MR) is 78.6 cm³/mol. The van der Waals surface area contributed by atoms with E-state index in [2.05, 4.69) is 32.9 Å². The lowest BCUT2D eigenvalue weighted by Gasteiger charge is -2.26. The van der Waals surface area contributed by atoms with E-state index in [1.54, 1.807) is 6.07 Å². The average molecular weight is 276 g/mol. The summed E-state index contributed by atoms with van der Waals surface area (Å²) in [6, 6.07) is 6.34. The minimum Gasteiger partial charge on any atom is -0.367 e. The summed E-state index contributed by atoms with van der Waals surface area (Å²) < 4.78 is 18.5. The molecule has 0 aliphatic heterocycles. The average Bonchev–Trinajstić information content (AvgIpc) is 2.69. The van der Waals surface area contributed by atoms with Crippen molar-refractivity contribution in [2.24, 2.45) is 11.3 Å². The van der Waals surface area contributed by atoms with Crippen molar-refractivity contribution < 1.29 is 8.91 Å². The van der Waals surface area contributed by atoms with Gasteiger partial charge in [-0.15, -0.1) is 0 Å². The van der Waals surface area contributed by atoms with Gasteiger partial charge in [-0.1, -0.05) is 45.0 Å². The number of aromatic nitrogens is 1. The summed E-state index contributed by atoms with van der Waals surface area (Å²) >= 11 is 0. The van der Waals surface area contributed by atoms with Crippen molar-refractivity contribution in [3.05, 3.63) is 35.8 Å². The Morgan fingerprint density at radius 3 is 2.65 bits per heavy atom. The molecule has 108 valence electrons. The Balaban J connectivity index is 2.38. The molecule has 0 amide bonds. The van der Waals surface area contributed by atoms with E-state index in [1.165, 1.54) is 12.1 Å². The Hall–Kier alpha value is -1.84. The van der Waals surface area contributed by atoms with Gasteiger partial charge in [-0.05, 0) is 35.4 Å². The van der Waals surface area contributed by atoms with Gasteiger partial charge in [0.1, 0.15) is 5.82 Å². The zero-order valence-electron chi connectivity index (χ0n) is 12.4. The molecule has 2 rings (SSSR count). The summed E-state index contributed by atoms with van der Waals surface area (Å²) in [7, 11) is 0. The summed E-state index contributed by atoms with van der Waals surface area (Å²) in [5.41, 5.74) is 8.22. The summed E-state index contributed by atoms with van der Waals surface area (Å²) in [4.78, 5) is 0. The van der Waals surface area contributed by atoms with Gasteiger partial charge in [-0.2, -0.15) is 0 Å². The van der Waals surface area contributed by atoms with Crippen molar-refractivity contribution in [2.75, 3.05) is 5.73 Å². The molecule has 0 saturated carbocycles. The number of anilines is 1. The number of nitrogens with zero attached hydrogens (tertiary/aromatic N) is 1. The lowest BCUT2D eigenvalue weighted by molar-refractivity contribution is 0.255. The molecule has 0 aliphatic rings. The van der Waals surface area contributed by atoms with Crippen LogP contribution in [0, 0.1) is 17.2 Å². The van der Waals surface area contributed by atoms with Gasteiger partial charge in [0.2, 0.25) is 5.88 Å². The smallest absolute Gasteiger partial charge is 0.230 e. The topological polar surface area (TPSA) is 52.0 Å². The number of nitrogens with two attached hydrogens (primary N) is 1. The molecule has 1 heterocycles. The molecular weight excluding hydrogens is 255 g/mol. The quantitative estimate of drug-likeness (QED) is 0.910. The largest absolute Gasteiger partial charge is 0.367 e. The first-order valence-corrected chi connectivity index (χ1v) is 6.79. The first kappa shape index (κ1) is 14.6. The van der Waals surface area contributed by atoms with E-state index in [-0.39, 0.29) is 17.1 Å². The van der Waals surface area contributed by atoms with Crippen molar-refractivity contribution in [3.8, 4) is 11.1 Å². The molecule has 4 heteroatoms. The molecule has 0 fully saturated rings. The fourth-order valence-electron chi connectivity index (χ4n) is 2.03. The second-order valence-electron chi connectivity index (χ2n) is 6.35. The monoisotopic (exact) mass is 276 g/mol. The zero-order chi connectivity index (χ0) is 14.9. The summed E-state index contributed by atoms with van der Waals surface area (Å²) in [5, 5.41) is 4.05. The first-order valence-electron chi connectivity index (χ1n) is 6.79. The van der Waals surface area contributed by atoms with Gasteiger partial charge in [0.25, 0.3) is 0 Å². The third-order valence-electron chi connectivity index (χ3n) is 3.88. The van der Waals surface area contributed by atoms with Gasteiger partial charge >= 0.3 is 0 Å². The van der Waals surface area contributed by atoms with Crippen LogP contribution in [0.3, 0.4) is 0 Å².